The van der Waals surface area contributed by atoms with Crippen molar-refractivity contribution in [1.82, 2.24) is 20.1 Å². The van der Waals surface area contributed by atoms with E-state index < -0.39 is 9.84 Å². The van der Waals surface area contributed by atoms with Crippen LogP contribution in [0.3, 0.4) is 0 Å². The monoisotopic (exact) mass is 454 g/mol. The fourth-order valence-corrected chi connectivity index (χ4v) is 5.18. The molecule has 0 bridgehead atoms. The maximum Gasteiger partial charge on any atom is 0.252 e. The lowest BCUT2D eigenvalue weighted by Crippen LogP contribution is -2.27. The quantitative estimate of drug-likeness (QED) is 0.545. The van der Waals surface area contributed by atoms with Crippen LogP contribution in [0.2, 0.25) is 0 Å². The molecule has 0 radical (unpaired) electrons. The van der Waals surface area contributed by atoms with Crippen LogP contribution in [0.1, 0.15) is 67.7 Å². The van der Waals surface area contributed by atoms with Gasteiger partial charge in [-0.3, -0.25) is 4.79 Å². The van der Waals surface area contributed by atoms with Crippen molar-refractivity contribution in [3.8, 4) is 0 Å². The average molecular weight is 455 g/mol. The molecule has 1 N–H and O–H groups in total. The van der Waals surface area contributed by atoms with E-state index in [-0.39, 0.29) is 23.7 Å². The van der Waals surface area contributed by atoms with Gasteiger partial charge in [0.05, 0.1) is 32.8 Å². The van der Waals surface area contributed by atoms with Gasteiger partial charge in [-0.15, -0.1) is 0 Å². The summed E-state index contributed by atoms with van der Waals surface area (Å²) in [4.78, 5) is 18.3. The van der Waals surface area contributed by atoms with Crippen LogP contribution in [0.15, 0.2) is 41.3 Å². The number of nitrogens with one attached hydrogen (secondary N) is 1. The van der Waals surface area contributed by atoms with Gasteiger partial charge in [0, 0.05) is 18.2 Å². The number of rotatable bonds is 7. The molecule has 0 spiro atoms. The summed E-state index contributed by atoms with van der Waals surface area (Å²) < 4.78 is 26.8. The van der Waals surface area contributed by atoms with Crippen LogP contribution in [0.4, 0.5) is 0 Å². The molecule has 1 amide bonds. The summed E-state index contributed by atoms with van der Waals surface area (Å²) in [7, 11) is -3.36. The molecule has 8 heteroatoms. The highest BCUT2D eigenvalue weighted by Gasteiger charge is 2.30. The Bertz CT molecular complexity index is 1250. The van der Waals surface area contributed by atoms with Gasteiger partial charge in [-0.1, -0.05) is 18.2 Å². The Kier molecular flexibility index (Phi) is 5.83. The van der Waals surface area contributed by atoms with Crippen molar-refractivity contribution in [3.05, 3.63) is 53.3 Å². The standard InChI is InChI=1S/C24H30N4O3S/c1-16-21-19(15-20(17-11-12-17)26-22(21)28(27-16)24(2,3)4)23(29)25-13-8-14-32(30,31)18-9-6-5-7-10-18/h5-7,9-10,15,17H,8,11-14H2,1-4H3,(H,25,29). The van der Waals surface area contributed by atoms with Crippen molar-refractivity contribution in [2.45, 2.75) is 63.3 Å². The van der Waals surface area contributed by atoms with Gasteiger partial charge in [-0.2, -0.15) is 5.10 Å². The number of benzene rings is 1. The molecule has 0 saturated heterocycles. The third-order valence-electron chi connectivity index (χ3n) is 5.69. The normalized spacial score (nSPS) is 14.6. The number of carbonyl (C=O) groups is 1. The lowest BCUT2D eigenvalue weighted by Gasteiger charge is -2.20. The van der Waals surface area contributed by atoms with E-state index in [1.807, 2.05) is 17.7 Å². The second-order valence-electron chi connectivity index (χ2n) is 9.48. The molecule has 2 aromatic heterocycles. The number of hydrogen-bond donors (Lipinski definition) is 1. The molecule has 1 fully saturated rings. The van der Waals surface area contributed by atoms with Crippen LogP contribution in [0, 0.1) is 6.92 Å². The predicted octanol–water partition coefficient (Wildman–Crippen LogP) is 3.97. The molecule has 1 aliphatic rings. The van der Waals surface area contributed by atoms with Crippen molar-refractivity contribution in [3.63, 3.8) is 0 Å². The molecule has 32 heavy (non-hydrogen) atoms. The van der Waals surface area contributed by atoms with Crippen LogP contribution >= 0.6 is 0 Å². The highest BCUT2D eigenvalue weighted by molar-refractivity contribution is 7.91. The highest BCUT2D eigenvalue weighted by atomic mass is 32.2. The number of hydrogen-bond acceptors (Lipinski definition) is 5. The SMILES string of the molecule is Cc1nn(C(C)(C)C)c2nc(C3CC3)cc(C(=O)NCCCS(=O)(=O)c3ccccc3)c12. The molecule has 0 atom stereocenters. The molecule has 7 nitrogen and oxygen atoms in total. The average Bonchev–Trinajstić information content (AvgIpc) is 3.54. The van der Waals surface area contributed by atoms with Gasteiger partial charge in [-0.25, -0.2) is 18.1 Å². The Balaban J connectivity index is 1.54. The fourth-order valence-electron chi connectivity index (χ4n) is 3.85. The maximum atomic E-state index is 13.1. The van der Waals surface area contributed by atoms with Gasteiger partial charge < -0.3 is 5.32 Å². The summed E-state index contributed by atoms with van der Waals surface area (Å²) in [5, 5.41) is 8.35. The first-order chi connectivity index (χ1) is 15.1. The number of aryl methyl sites for hydroxylation is 1. The second-order valence-corrected chi connectivity index (χ2v) is 11.6. The van der Waals surface area contributed by atoms with Gasteiger partial charge in [0.2, 0.25) is 0 Å². The smallest absolute Gasteiger partial charge is 0.252 e. The first-order valence-corrected chi connectivity index (χ1v) is 12.7. The number of amides is 1. The molecule has 0 aliphatic heterocycles. The zero-order chi connectivity index (χ0) is 23.1. The number of carbonyl (C=O) groups excluding carboxylic acids is 1. The van der Waals surface area contributed by atoms with Gasteiger partial charge in [0.15, 0.2) is 15.5 Å². The minimum atomic E-state index is -3.36. The van der Waals surface area contributed by atoms with Crippen molar-refractivity contribution in [2.24, 2.45) is 0 Å². The number of sulfone groups is 1. The maximum absolute atomic E-state index is 13.1. The van der Waals surface area contributed by atoms with E-state index in [9.17, 15) is 13.2 Å². The van der Waals surface area contributed by atoms with E-state index in [1.165, 1.54) is 0 Å². The molecule has 0 unspecified atom stereocenters. The second kappa shape index (κ2) is 8.31. The van der Waals surface area contributed by atoms with Gasteiger partial charge >= 0.3 is 0 Å². The van der Waals surface area contributed by atoms with Crippen LogP contribution in [-0.2, 0) is 15.4 Å². The highest BCUT2D eigenvalue weighted by Crippen LogP contribution is 2.41. The largest absolute Gasteiger partial charge is 0.352 e. The summed E-state index contributed by atoms with van der Waals surface area (Å²) in [6, 6.07) is 10.3. The Morgan fingerprint density at radius 1 is 1.19 bits per heavy atom. The molecule has 4 rings (SSSR count). The number of pyridine rings is 1. The molecule has 170 valence electrons. The van der Waals surface area contributed by atoms with Crippen LogP contribution in [-0.4, -0.2) is 41.4 Å². The fraction of sp³-hybridized carbons (Fsp3) is 0.458. The minimum Gasteiger partial charge on any atom is -0.352 e. The first kappa shape index (κ1) is 22.5. The first-order valence-electron chi connectivity index (χ1n) is 11.0. The van der Waals surface area contributed by atoms with Gasteiger partial charge in [-0.05, 0) is 65.2 Å². The summed E-state index contributed by atoms with van der Waals surface area (Å²) in [5.74, 6) is 0.163. The minimum absolute atomic E-state index is 0.0165. The lowest BCUT2D eigenvalue weighted by atomic mass is 10.1. The summed E-state index contributed by atoms with van der Waals surface area (Å²) in [6.45, 7) is 8.37. The Morgan fingerprint density at radius 3 is 2.50 bits per heavy atom. The van der Waals surface area contributed by atoms with Crippen LogP contribution in [0.25, 0.3) is 11.0 Å². The van der Waals surface area contributed by atoms with Crippen LogP contribution in [0.5, 0.6) is 0 Å². The van der Waals surface area contributed by atoms with E-state index in [0.717, 1.165) is 35.3 Å². The Morgan fingerprint density at radius 2 is 1.88 bits per heavy atom. The third kappa shape index (κ3) is 4.55. The zero-order valence-corrected chi connectivity index (χ0v) is 19.9. The zero-order valence-electron chi connectivity index (χ0n) is 19.1. The molecular weight excluding hydrogens is 424 g/mol. The van der Waals surface area contributed by atoms with Crippen molar-refractivity contribution in [2.75, 3.05) is 12.3 Å². The number of nitrogens with zero attached hydrogens (tertiary/aromatic N) is 3. The van der Waals surface area contributed by atoms with Crippen molar-refractivity contribution in [1.29, 1.82) is 0 Å². The molecule has 1 aromatic carbocycles. The van der Waals surface area contributed by atoms with Gasteiger partial charge in [0.1, 0.15) is 0 Å². The molecule has 2 heterocycles. The van der Waals surface area contributed by atoms with E-state index in [4.69, 9.17) is 4.98 Å². The van der Waals surface area contributed by atoms with E-state index >= 15 is 0 Å². The Hall–Kier alpha value is -2.74. The van der Waals surface area contributed by atoms with Gasteiger partial charge in [0.25, 0.3) is 5.91 Å². The summed E-state index contributed by atoms with van der Waals surface area (Å²) in [6.07, 6.45) is 2.51. The van der Waals surface area contributed by atoms with Crippen molar-refractivity contribution < 1.29 is 13.2 Å². The van der Waals surface area contributed by atoms with E-state index in [1.54, 1.807) is 30.3 Å². The topological polar surface area (TPSA) is 93.9 Å². The lowest BCUT2D eigenvalue weighted by molar-refractivity contribution is 0.0955. The Labute approximate surface area is 189 Å². The number of aromatic nitrogens is 3. The predicted molar refractivity (Wildman–Crippen MR) is 125 cm³/mol. The number of fused-ring (bicyclic) bond motifs is 1. The molecular formula is C24H30N4O3S. The molecule has 1 aliphatic carbocycles. The van der Waals surface area contributed by atoms with E-state index in [0.29, 0.717) is 22.8 Å². The molecule has 3 aromatic rings. The van der Waals surface area contributed by atoms with Crippen LogP contribution < -0.4 is 5.32 Å². The summed E-state index contributed by atoms with van der Waals surface area (Å²) >= 11 is 0. The molecule has 1 saturated carbocycles. The van der Waals surface area contributed by atoms with E-state index in [2.05, 4.69) is 31.2 Å². The third-order valence-corrected chi connectivity index (χ3v) is 7.50. The summed E-state index contributed by atoms with van der Waals surface area (Å²) in [5.41, 5.74) is 2.73. The van der Waals surface area contributed by atoms with Crippen molar-refractivity contribution >= 4 is 26.8 Å².